The van der Waals surface area contributed by atoms with Crippen LogP contribution in [0.1, 0.15) is 42.3 Å². The van der Waals surface area contributed by atoms with Gasteiger partial charge in [-0.2, -0.15) is 11.3 Å². The topological polar surface area (TPSA) is 49.8 Å². The molecule has 4 nitrogen and oxygen atoms in total. The summed E-state index contributed by atoms with van der Waals surface area (Å²) in [5.41, 5.74) is 3.71. The second kappa shape index (κ2) is 6.22. The SMILES string of the molecule is CNc1nc(C(C)C)nc(NCc2cscc2C)c1C. The summed E-state index contributed by atoms with van der Waals surface area (Å²) in [6, 6.07) is 0. The van der Waals surface area contributed by atoms with Gasteiger partial charge in [0.1, 0.15) is 17.5 Å². The van der Waals surface area contributed by atoms with E-state index in [-0.39, 0.29) is 0 Å². The third-order valence-corrected chi connectivity index (χ3v) is 4.23. The van der Waals surface area contributed by atoms with Gasteiger partial charge in [0.2, 0.25) is 0 Å². The molecule has 0 aliphatic rings. The molecule has 0 fully saturated rings. The molecule has 2 aromatic heterocycles. The summed E-state index contributed by atoms with van der Waals surface area (Å²) in [5, 5.41) is 10.9. The van der Waals surface area contributed by atoms with Gasteiger partial charge in [-0.1, -0.05) is 13.8 Å². The second-order valence-electron chi connectivity index (χ2n) is 5.24. The number of thiophene rings is 1. The first-order valence-corrected chi connectivity index (χ1v) is 7.79. The summed E-state index contributed by atoms with van der Waals surface area (Å²) in [4.78, 5) is 9.20. The van der Waals surface area contributed by atoms with Gasteiger partial charge < -0.3 is 10.6 Å². The third-order valence-electron chi connectivity index (χ3n) is 3.32. The monoisotopic (exact) mass is 290 g/mol. The van der Waals surface area contributed by atoms with Crippen molar-refractivity contribution in [2.75, 3.05) is 17.7 Å². The number of hydrogen-bond donors (Lipinski definition) is 2. The van der Waals surface area contributed by atoms with Crippen LogP contribution in [0.5, 0.6) is 0 Å². The van der Waals surface area contributed by atoms with Crippen molar-refractivity contribution in [1.82, 2.24) is 9.97 Å². The van der Waals surface area contributed by atoms with E-state index in [1.807, 2.05) is 14.0 Å². The molecule has 0 aliphatic heterocycles. The lowest BCUT2D eigenvalue weighted by Gasteiger charge is -2.15. The summed E-state index contributed by atoms with van der Waals surface area (Å²) in [7, 11) is 1.90. The predicted octanol–water partition coefficient (Wildman–Crippen LogP) is 3.93. The molecule has 5 heteroatoms. The van der Waals surface area contributed by atoms with Crippen molar-refractivity contribution in [3.05, 3.63) is 33.3 Å². The highest BCUT2D eigenvalue weighted by Crippen LogP contribution is 2.24. The average Bonchev–Trinajstić information content (AvgIpc) is 2.83. The maximum Gasteiger partial charge on any atom is 0.135 e. The second-order valence-corrected chi connectivity index (χ2v) is 5.99. The fourth-order valence-electron chi connectivity index (χ4n) is 1.95. The van der Waals surface area contributed by atoms with Gasteiger partial charge in [-0.05, 0) is 35.7 Å². The van der Waals surface area contributed by atoms with Crippen molar-refractivity contribution in [3.8, 4) is 0 Å². The highest BCUT2D eigenvalue weighted by molar-refractivity contribution is 7.08. The zero-order valence-corrected chi connectivity index (χ0v) is 13.6. The van der Waals surface area contributed by atoms with Crippen molar-refractivity contribution in [1.29, 1.82) is 0 Å². The van der Waals surface area contributed by atoms with Crippen LogP contribution in [-0.4, -0.2) is 17.0 Å². The highest BCUT2D eigenvalue weighted by atomic mass is 32.1. The smallest absolute Gasteiger partial charge is 0.135 e. The molecule has 2 heterocycles. The van der Waals surface area contributed by atoms with Crippen molar-refractivity contribution in [2.24, 2.45) is 0 Å². The van der Waals surface area contributed by atoms with Gasteiger partial charge in [-0.25, -0.2) is 9.97 Å². The Morgan fingerprint density at radius 3 is 2.40 bits per heavy atom. The van der Waals surface area contributed by atoms with Gasteiger partial charge in [0.15, 0.2) is 0 Å². The molecule has 2 rings (SSSR count). The average molecular weight is 290 g/mol. The van der Waals surface area contributed by atoms with E-state index in [0.717, 1.165) is 29.6 Å². The van der Waals surface area contributed by atoms with Gasteiger partial charge >= 0.3 is 0 Å². The lowest BCUT2D eigenvalue weighted by Crippen LogP contribution is -2.10. The Bertz CT molecular complexity index is 590. The maximum atomic E-state index is 4.65. The first-order valence-electron chi connectivity index (χ1n) is 6.84. The summed E-state index contributed by atoms with van der Waals surface area (Å²) < 4.78 is 0. The number of hydrogen-bond acceptors (Lipinski definition) is 5. The van der Waals surface area contributed by atoms with E-state index in [0.29, 0.717) is 5.92 Å². The van der Waals surface area contributed by atoms with E-state index in [1.165, 1.54) is 11.1 Å². The third kappa shape index (κ3) is 3.10. The van der Waals surface area contributed by atoms with E-state index in [9.17, 15) is 0 Å². The highest BCUT2D eigenvalue weighted by Gasteiger charge is 2.12. The zero-order valence-electron chi connectivity index (χ0n) is 12.7. The minimum atomic E-state index is 0.311. The fraction of sp³-hybridized carbons (Fsp3) is 0.467. The lowest BCUT2D eigenvalue weighted by molar-refractivity contribution is 0.773. The molecule has 0 aromatic carbocycles. The number of nitrogens with one attached hydrogen (secondary N) is 2. The number of anilines is 2. The van der Waals surface area contributed by atoms with Gasteiger partial charge in [0.25, 0.3) is 0 Å². The van der Waals surface area contributed by atoms with E-state index in [2.05, 4.69) is 52.1 Å². The summed E-state index contributed by atoms with van der Waals surface area (Å²) in [5.74, 6) is 2.99. The van der Waals surface area contributed by atoms with Crippen molar-refractivity contribution >= 4 is 23.0 Å². The van der Waals surface area contributed by atoms with Crippen LogP contribution in [0.2, 0.25) is 0 Å². The van der Waals surface area contributed by atoms with Gasteiger partial charge in [-0.15, -0.1) is 0 Å². The Morgan fingerprint density at radius 2 is 1.85 bits per heavy atom. The van der Waals surface area contributed by atoms with Crippen LogP contribution in [0.15, 0.2) is 10.8 Å². The molecule has 2 N–H and O–H groups in total. The number of aromatic nitrogens is 2. The quantitative estimate of drug-likeness (QED) is 0.876. The maximum absolute atomic E-state index is 4.65. The molecule has 108 valence electrons. The molecule has 0 radical (unpaired) electrons. The molecular formula is C15H22N4S. The predicted molar refractivity (Wildman–Crippen MR) is 86.8 cm³/mol. The minimum absolute atomic E-state index is 0.311. The Balaban J connectivity index is 2.26. The van der Waals surface area contributed by atoms with E-state index < -0.39 is 0 Å². The van der Waals surface area contributed by atoms with Crippen LogP contribution in [0, 0.1) is 13.8 Å². The van der Waals surface area contributed by atoms with E-state index in [4.69, 9.17) is 0 Å². The summed E-state index contributed by atoms with van der Waals surface area (Å²) in [6.45, 7) is 9.19. The van der Waals surface area contributed by atoms with Crippen LogP contribution in [0.25, 0.3) is 0 Å². The Labute approximate surface area is 124 Å². The first-order chi connectivity index (χ1) is 9.52. The summed E-state index contributed by atoms with van der Waals surface area (Å²) in [6.07, 6.45) is 0. The van der Waals surface area contributed by atoms with Gasteiger partial charge in [-0.3, -0.25) is 0 Å². The molecule has 0 bridgehead atoms. The molecular weight excluding hydrogens is 268 g/mol. The molecule has 2 aromatic rings. The van der Waals surface area contributed by atoms with Crippen LogP contribution in [-0.2, 0) is 6.54 Å². The number of nitrogens with zero attached hydrogens (tertiary/aromatic N) is 2. The van der Waals surface area contributed by atoms with E-state index in [1.54, 1.807) is 11.3 Å². The van der Waals surface area contributed by atoms with Crippen molar-refractivity contribution in [2.45, 2.75) is 40.2 Å². The molecule has 0 unspecified atom stereocenters. The zero-order chi connectivity index (χ0) is 14.7. The van der Waals surface area contributed by atoms with E-state index >= 15 is 0 Å². The molecule has 0 saturated carbocycles. The molecule has 0 saturated heterocycles. The van der Waals surface area contributed by atoms with Crippen LogP contribution < -0.4 is 10.6 Å². The Kier molecular flexibility index (Phi) is 4.60. The van der Waals surface area contributed by atoms with Crippen molar-refractivity contribution < 1.29 is 0 Å². The molecule has 0 aliphatic carbocycles. The number of aryl methyl sites for hydroxylation is 1. The molecule has 20 heavy (non-hydrogen) atoms. The molecule has 0 atom stereocenters. The van der Waals surface area contributed by atoms with Crippen LogP contribution >= 0.6 is 11.3 Å². The van der Waals surface area contributed by atoms with Crippen LogP contribution in [0.3, 0.4) is 0 Å². The number of rotatable bonds is 5. The Hall–Kier alpha value is -1.62. The molecule has 0 spiro atoms. The first kappa shape index (κ1) is 14.8. The Morgan fingerprint density at radius 1 is 1.15 bits per heavy atom. The molecule has 0 amide bonds. The standard InChI is InChI=1S/C15H22N4S/c1-9(2)13-18-14(16-5)11(4)15(19-13)17-6-12-8-20-7-10(12)3/h7-9H,6H2,1-5H3,(H2,16,17,18,19). The van der Waals surface area contributed by atoms with Gasteiger partial charge in [0.05, 0.1) is 0 Å². The largest absolute Gasteiger partial charge is 0.373 e. The van der Waals surface area contributed by atoms with Crippen LogP contribution in [0.4, 0.5) is 11.6 Å². The minimum Gasteiger partial charge on any atom is -0.373 e. The lowest BCUT2D eigenvalue weighted by atomic mass is 10.2. The van der Waals surface area contributed by atoms with Gasteiger partial charge in [0, 0.05) is 25.1 Å². The fourth-order valence-corrected chi connectivity index (χ4v) is 2.81. The van der Waals surface area contributed by atoms with Crippen molar-refractivity contribution in [3.63, 3.8) is 0 Å². The normalized spacial score (nSPS) is 10.9. The summed E-state index contributed by atoms with van der Waals surface area (Å²) >= 11 is 1.74.